The Bertz CT molecular complexity index is 584. The van der Waals surface area contributed by atoms with Gasteiger partial charge in [-0.05, 0) is 44.0 Å². The maximum Gasteiger partial charge on any atom is 0.242 e. The summed E-state index contributed by atoms with van der Waals surface area (Å²) < 4.78 is 0. The third-order valence-electron chi connectivity index (χ3n) is 4.52. The first-order chi connectivity index (χ1) is 11.8. The van der Waals surface area contributed by atoms with Gasteiger partial charge in [0, 0.05) is 18.5 Å². The van der Waals surface area contributed by atoms with Gasteiger partial charge in [-0.3, -0.25) is 14.5 Å². The third kappa shape index (κ3) is 6.16. The highest BCUT2D eigenvalue weighted by atomic mass is 16.2. The molecule has 0 radical (unpaired) electrons. The van der Waals surface area contributed by atoms with Crippen molar-refractivity contribution >= 4 is 11.8 Å². The Hall–Kier alpha value is -1.88. The molecule has 1 aromatic rings. The Morgan fingerprint density at radius 1 is 1.08 bits per heavy atom. The lowest BCUT2D eigenvalue weighted by Crippen LogP contribution is -2.48. The van der Waals surface area contributed by atoms with Gasteiger partial charge in [0.1, 0.15) is 6.04 Å². The first-order valence-corrected chi connectivity index (χ1v) is 9.14. The molecule has 5 heteroatoms. The van der Waals surface area contributed by atoms with Crippen LogP contribution in [0.4, 0.5) is 0 Å². The van der Waals surface area contributed by atoms with E-state index in [-0.39, 0.29) is 11.8 Å². The topological polar surface area (TPSA) is 61.4 Å². The van der Waals surface area contributed by atoms with E-state index in [2.05, 4.69) is 39.8 Å². The molecule has 1 aliphatic rings. The van der Waals surface area contributed by atoms with E-state index in [0.717, 1.165) is 12.1 Å². The van der Waals surface area contributed by atoms with Gasteiger partial charge in [-0.2, -0.15) is 0 Å². The Kier molecular flexibility index (Phi) is 6.59. The molecule has 2 amide bonds. The highest BCUT2D eigenvalue weighted by Crippen LogP contribution is 2.14. The summed E-state index contributed by atoms with van der Waals surface area (Å²) in [7, 11) is 0. The van der Waals surface area contributed by atoms with Crippen molar-refractivity contribution < 1.29 is 9.59 Å². The van der Waals surface area contributed by atoms with Crippen molar-refractivity contribution in [2.45, 2.75) is 59.7 Å². The molecule has 5 nitrogen and oxygen atoms in total. The van der Waals surface area contributed by atoms with Gasteiger partial charge in [-0.25, -0.2) is 0 Å². The van der Waals surface area contributed by atoms with Crippen LogP contribution in [-0.4, -0.2) is 35.8 Å². The molecular formula is C20H31N3O2. The van der Waals surface area contributed by atoms with E-state index in [4.69, 9.17) is 0 Å². The maximum atomic E-state index is 12.1. The van der Waals surface area contributed by atoms with Gasteiger partial charge in [-0.1, -0.05) is 45.0 Å². The van der Waals surface area contributed by atoms with Crippen LogP contribution < -0.4 is 10.6 Å². The number of amides is 2. The fraction of sp³-hybridized carbons (Fsp3) is 0.600. The van der Waals surface area contributed by atoms with Gasteiger partial charge in [0.2, 0.25) is 11.8 Å². The van der Waals surface area contributed by atoms with Gasteiger partial charge in [0.25, 0.3) is 0 Å². The zero-order chi connectivity index (χ0) is 18.4. The van der Waals surface area contributed by atoms with Crippen LogP contribution in [0.5, 0.6) is 0 Å². The SMILES string of the molecule is CC(NC(=O)C(C)(C)C)C(=O)NCc1ccc(CN2CCCC2)cc1. The summed E-state index contributed by atoms with van der Waals surface area (Å²) in [6, 6.07) is 7.84. The number of carbonyl (C=O) groups excluding carboxylic acids is 2. The van der Waals surface area contributed by atoms with Crippen molar-refractivity contribution in [3.8, 4) is 0 Å². The third-order valence-corrected chi connectivity index (χ3v) is 4.52. The summed E-state index contributed by atoms with van der Waals surface area (Å²) in [5.74, 6) is -0.292. The number of hydrogen-bond acceptors (Lipinski definition) is 3. The summed E-state index contributed by atoms with van der Waals surface area (Å²) in [6.07, 6.45) is 2.60. The minimum Gasteiger partial charge on any atom is -0.350 e. The van der Waals surface area contributed by atoms with Crippen LogP contribution in [0.25, 0.3) is 0 Å². The van der Waals surface area contributed by atoms with Crippen molar-refractivity contribution in [1.29, 1.82) is 0 Å². The predicted molar refractivity (Wildman–Crippen MR) is 99.9 cm³/mol. The number of likely N-dealkylation sites (tertiary alicyclic amines) is 1. The summed E-state index contributed by atoms with van der Waals surface area (Å²) in [5.41, 5.74) is 1.87. The molecule has 1 heterocycles. The Labute approximate surface area is 151 Å². The Morgan fingerprint density at radius 2 is 1.64 bits per heavy atom. The minimum absolute atomic E-state index is 0.124. The summed E-state index contributed by atoms with van der Waals surface area (Å²) in [6.45, 7) is 11.1. The minimum atomic E-state index is -0.541. The van der Waals surface area contributed by atoms with E-state index in [1.807, 2.05) is 20.8 Å². The molecule has 0 saturated carbocycles. The van der Waals surface area contributed by atoms with E-state index in [9.17, 15) is 9.59 Å². The molecule has 25 heavy (non-hydrogen) atoms. The van der Waals surface area contributed by atoms with Crippen LogP contribution >= 0.6 is 0 Å². The molecule has 1 fully saturated rings. The second-order valence-corrected chi connectivity index (χ2v) is 7.96. The first-order valence-electron chi connectivity index (χ1n) is 9.14. The molecule has 1 unspecified atom stereocenters. The van der Waals surface area contributed by atoms with E-state index in [1.165, 1.54) is 31.5 Å². The standard InChI is InChI=1S/C20H31N3O2/c1-15(22-19(25)20(2,3)4)18(24)21-13-16-7-9-17(10-8-16)14-23-11-5-6-12-23/h7-10,15H,5-6,11-14H2,1-4H3,(H,21,24)(H,22,25). The lowest BCUT2D eigenvalue weighted by molar-refractivity contribution is -0.133. The second-order valence-electron chi connectivity index (χ2n) is 7.96. The molecule has 2 rings (SSSR count). The van der Waals surface area contributed by atoms with Gasteiger partial charge < -0.3 is 10.6 Å². The zero-order valence-corrected chi connectivity index (χ0v) is 15.9. The smallest absolute Gasteiger partial charge is 0.242 e. The fourth-order valence-corrected chi connectivity index (χ4v) is 2.78. The quantitative estimate of drug-likeness (QED) is 0.832. The van der Waals surface area contributed by atoms with Crippen LogP contribution in [0, 0.1) is 5.41 Å². The number of benzene rings is 1. The highest BCUT2D eigenvalue weighted by molar-refractivity contribution is 5.89. The number of nitrogens with one attached hydrogen (secondary N) is 2. The van der Waals surface area contributed by atoms with Gasteiger partial charge in [0.15, 0.2) is 0 Å². The molecule has 1 atom stereocenters. The van der Waals surface area contributed by atoms with Crippen molar-refractivity contribution in [1.82, 2.24) is 15.5 Å². The van der Waals surface area contributed by atoms with E-state index >= 15 is 0 Å². The normalized spacial score (nSPS) is 16.5. The van der Waals surface area contributed by atoms with Crippen LogP contribution in [0.15, 0.2) is 24.3 Å². The number of carbonyl (C=O) groups is 2. The van der Waals surface area contributed by atoms with Crippen LogP contribution in [0.2, 0.25) is 0 Å². The Morgan fingerprint density at radius 3 is 2.20 bits per heavy atom. The lowest BCUT2D eigenvalue weighted by Gasteiger charge is -2.21. The van der Waals surface area contributed by atoms with Crippen LogP contribution in [0.3, 0.4) is 0 Å². The molecular weight excluding hydrogens is 314 g/mol. The summed E-state index contributed by atoms with van der Waals surface area (Å²) >= 11 is 0. The van der Waals surface area contributed by atoms with E-state index < -0.39 is 11.5 Å². The first kappa shape index (κ1) is 19.4. The molecule has 138 valence electrons. The number of nitrogens with zero attached hydrogens (tertiary/aromatic N) is 1. The van der Waals surface area contributed by atoms with Crippen molar-refractivity contribution in [2.24, 2.45) is 5.41 Å². The average Bonchev–Trinajstić information content (AvgIpc) is 3.06. The molecule has 0 bridgehead atoms. The summed E-state index contributed by atoms with van der Waals surface area (Å²) in [5, 5.41) is 5.63. The highest BCUT2D eigenvalue weighted by Gasteiger charge is 2.24. The predicted octanol–water partition coefficient (Wildman–Crippen LogP) is 2.45. The lowest BCUT2D eigenvalue weighted by atomic mass is 9.95. The molecule has 1 aromatic carbocycles. The monoisotopic (exact) mass is 345 g/mol. The van der Waals surface area contributed by atoms with Gasteiger partial charge >= 0.3 is 0 Å². The average molecular weight is 345 g/mol. The van der Waals surface area contributed by atoms with Crippen LogP contribution in [0.1, 0.15) is 51.7 Å². The van der Waals surface area contributed by atoms with Crippen molar-refractivity contribution in [3.05, 3.63) is 35.4 Å². The van der Waals surface area contributed by atoms with E-state index in [0.29, 0.717) is 6.54 Å². The molecule has 0 aromatic heterocycles. The molecule has 2 N–H and O–H groups in total. The van der Waals surface area contributed by atoms with Crippen LogP contribution in [-0.2, 0) is 22.7 Å². The largest absolute Gasteiger partial charge is 0.350 e. The molecule has 0 aliphatic carbocycles. The Balaban J connectivity index is 1.78. The molecule has 1 saturated heterocycles. The molecule has 1 aliphatic heterocycles. The van der Waals surface area contributed by atoms with Gasteiger partial charge in [0.05, 0.1) is 0 Å². The number of rotatable bonds is 6. The maximum absolute atomic E-state index is 12.1. The van der Waals surface area contributed by atoms with Crippen molar-refractivity contribution in [3.63, 3.8) is 0 Å². The zero-order valence-electron chi connectivity index (χ0n) is 15.9. The number of hydrogen-bond donors (Lipinski definition) is 2. The molecule has 0 spiro atoms. The van der Waals surface area contributed by atoms with Crippen molar-refractivity contribution in [2.75, 3.05) is 13.1 Å². The van der Waals surface area contributed by atoms with Gasteiger partial charge in [-0.15, -0.1) is 0 Å². The summed E-state index contributed by atoms with van der Waals surface area (Å²) in [4.78, 5) is 26.6. The fourth-order valence-electron chi connectivity index (χ4n) is 2.78. The van der Waals surface area contributed by atoms with E-state index in [1.54, 1.807) is 6.92 Å². The second kappa shape index (κ2) is 8.48.